The predicted molar refractivity (Wildman–Crippen MR) is 122 cm³/mol. The second kappa shape index (κ2) is 9.37. The summed E-state index contributed by atoms with van der Waals surface area (Å²) < 4.78 is 29.7. The molecule has 2 heterocycles. The van der Waals surface area contributed by atoms with Gasteiger partial charge in [-0.2, -0.15) is 0 Å². The summed E-state index contributed by atoms with van der Waals surface area (Å²) in [5, 5.41) is 0. The molecule has 2 saturated heterocycles. The Morgan fingerprint density at radius 2 is 1.81 bits per heavy atom. The molecule has 2 aliphatic heterocycles. The van der Waals surface area contributed by atoms with Gasteiger partial charge in [0, 0.05) is 42.5 Å². The molecule has 166 valence electrons. The molecule has 0 N–H and O–H groups in total. The molecule has 2 aliphatic rings. The van der Waals surface area contributed by atoms with Gasteiger partial charge in [-0.25, -0.2) is 8.78 Å². The summed E-state index contributed by atoms with van der Waals surface area (Å²) in [4.78, 5) is 16.5. The second-order valence-electron chi connectivity index (χ2n) is 9.00. The molecule has 4 rings (SSSR count). The Morgan fingerprint density at radius 1 is 1.10 bits per heavy atom. The fourth-order valence-corrected chi connectivity index (χ4v) is 5.78. The molecule has 1 atom stereocenters. The van der Waals surface area contributed by atoms with Crippen molar-refractivity contribution in [3.63, 3.8) is 0 Å². The SMILES string of the molecule is CC(=O)N1CCCC(c2ccc(F)cc2F)(C2CCN(Cc3ccc(Br)cc3)CC2)C1. The summed E-state index contributed by atoms with van der Waals surface area (Å²) in [6.45, 7) is 5.58. The maximum atomic E-state index is 15.0. The number of nitrogens with zero attached hydrogens (tertiary/aromatic N) is 2. The van der Waals surface area contributed by atoms with E-state index in [0.717, 1.165) is 55.9 Å². The van der Waals surface area contributed by atoms with E-state index in [1.54, 1.807) is 13.0 Å². The standard InChI is InChI=1S/C25H29BrF2N2O/c1-18(31)30-12-2-11-25(17-30,23-8-7-22(27)15-24(23)28)20-9-13-29(14-10-20)16-19-3-5-21(26)6-4-19/h3-8,15,20H,2,9-14,16-17H2,1H3. The summed E-state index contributed by atoms with van der Waals surface area (Å²) in [6.07, 6.45) is 3.56. The molecule has 3 nitrogen and oxygen atoms in total. The molecule has 0 saturated carbocycles. The quantitative estimate of drug-likeness (QED) is 0.563. The van der Waals surface area contributed by atoms with E-state index in [2.05, 4.69) is 45.1 Å². The Labute approximate surface area is 191 Å². The number of halogens is 3. The first-order chi connectivity index (χ1) is 14.9. The highest BCUT2D eigenvalue weighted by Gasteiger charge is 2.46. The normalized spacial score (nSPS) is 23.2. The number of carbonyl (C=O) groups excluding carboxylic acids is 1. The highest BCUT2D eigenvalue weighted by Crippen LogP contribution is 2.46. The zero-order chi connectivity index (χ0) is 22.0. The number of piperidine rings is 2. The van der Waals surface area contributed by atoms with Crippen molar-refractivity contribution < 1.29 is 13.6 Å². The van der Waals surface area contributed by atoms with Crippen molar-refractivity contribution in [2.75, 3.05) is 26.2 Å². The van der Waals surface area contributed by atoms with E-state index >= 15 is 4.39 Å². The zero-order valence-electron chi connectivity index (χ0n) is 17.9. The smallest absolute Gasteiger partial charge is 0.219 e. The fraction of sp³-hybridized carbons (Fsp3) is 0.480. The average Bonchev–Trinajstić information content (AvgIpc) is 2.76. The maximum Gasteiger partial charge on any atom is 0.219 e. The van der Waals surface area contributed by atoms with Gasteiger partial charge < -0.3 is 4.90 Å². The van der Waals surface area contributed by atoms with Crippen molar-refractivity contribution in [3.05, 3.63) is 69.7 Å². The van der Waals surface area contributed by atoms with E-state index in [4.69, 9.17) is 0 Å². The highest BCUT2D eigenvalue weighted by atomic mass is 79.9. The average molecular weight is 491 g/mol. The van der Waals surface area contributed by atoms with Crippen LogP contribution in [0.15, 0.2) is 46.9 Å². The van der Waals surface area contributed by atoms with Gasteiger partial charge >= 0.3 is 0 Å². The van der Waals surface area contributed by atoms with Crippen molar-refractivity contribution >= 4 is 21.8 Å². The lowest BCUT2D eigenvalue weighted by atomic mass is 9.62. The largest absolute Gasteiger partial charge is 0.342 e. The first-order valence-corrected chi connectivity index (χ1v) is 11.8. The summed E-state index contributed by atoms with van der Waals surface area (Å²) in [5.74, 6) is -0.752. The Hall–Kier alpha value is -1.79. The predicted octanol–water partition coefficient (Wildman–Crippen LogP) is 5.52. The van der Waals surface area contributed by atoms with Gasteiger partial charge in [0.25, 0.3) is 0 Å². The van der Waals surface area contributed by atoms with Gasteiger partial charge in [-0.1, -0.05) is 34.1 Å². The van der Waals surface area contributed by atoms with E-state index in [-0.39, 0.29) is 11.8 Å². The number of hydrogen-bond donors (Lipinski definition) is 0. The van der Waals surface area contributed by atoms with E-state index in [0.29, 0.717) is 18.7 Å². The number of amides is 1. The van der Waals surface area contributed by atoms with Crippen LogP contribution in [-0.2, 0) is 16.8 Å². The van der Waals surface area contributed by atoms with Crippen LogP contribution in [0.2, 0.25) is 0 Å². The molecule has 2 fully saturated rings. The summed E-state index contributed by atoms with van der Waals surface area (Å²) in [7, 11) is 0. The maximum absolute atomic E-state index is 15.0. The van der Waals surface area contributed by atoms with Crippen LogP contribution in [0.1, 0.15) is 43.7 Å². The number of likely N-dealkylation sites (tertiary alicyclic amines) is 2. The van der Waals surface area contributed by atoms with Crippen molar-refractivity contribution in [3.8, 4) is 0 Å². The molecule has 2 aromatic carbocycles. The van der Waals surface area contributed by atoms with Gasteiger partial charge in [0.15, 0.2) is 0 Å². The van der Waals surface area contributed by atoms with Crippen LogP contribution >= 0.6 is 15.9 Å². The Balaban J connectivity index is 1.55. The van der Waals surface area contributed by atoms with Crippen LogP contribution in [-0.4, -0.2) is 41.9 Å². The molecule has 2 aromatic rings. The van der Waals surface area contributed by atoms with Crippen LogP contribution in [0.5, 0.6) is 0 Å². The van der Waals surface area contributed by atoms with Crippen molar-refractivity contribution in [2.24, 2.45) is 5.92 Å². The molecular weight excluding hydrogens is 462 g/mol. The molecule has 1 amide bonds. The van der Waals surface area contributed by atoms with E-state index < -0.39 is 17.0 Å². The first-order valence-electron chi connectivity index (χ1n) is 11.1. The van der Waals surface area contributed by atoms with Crippen LogP contribution in [0.25, 0.3) is 0 Å². The molecule has 1 unspecified atom stereocenters. The lowest BCUT2D eigenvalue weighted by Crippen LogP contribution is -2.54. The first kappa shape index (κ1) is 22.4. The van der Waals surface area contributed by atoms with E-state index in [1.807, 2.05) is 4.90 Å². The Kier molecular flexibility index (Phi) is 6.77. The molecule has 0 radical (unpaired) electrons. The van der Waals surface area contributed by atoms with Gasteiger partial charge in [0.05, 0.1) is 0 Å². The van der Waals surface area contributed by atoms with Gasteiger partial charge in [-0.05, 0) is 74.0 Å². The fourth-order valence-electron chi connectivity index (χ4n) is 5.51. The molecule has 0 aromatic heterocycles. The summed E-state index contributed by atoms with van der Waals surface area (Å²) in [5.41, 5.74) is 1.40. The van der Waals surface area contributed by atoms with Gasteiger partial charge in [-0.15, -0.1) is 0 Å². The van der Waals surface area contributed by atoms with Gasteiger partial charge in [0.2, 0.25) is 5.91 Å². The highest BCUT2D eigenvalue weighted by molar-refractivity contribution is 9.10. The molecule has 31 heavy (non-hydrogen) atoms. The third-order valence-corrected chi connectivity index (χ3v) is 7.65. The number of carbonyl (C=O) groups is 1. The zero-order valence-corrected chi connectivity index (χ0v) is 19.5. The third-order valence-electron chi connectivity index (χ3n) is 7.13. The lowest BCUT2D eigenvalue weighted by molar-refractivity contribution is -0.132. The minimum Gasteiger partial charge on any atom is -0.342 e. The molecular formula is C25H29BrF2N2O. The van der Waals surface area contributed by atoms with Gasteiger partial charge in [-0.3, -0.25) is 9.69 Å². The van der Waals surface area contributed by atoms with Crippen molar-refractivity contribution in [1.82, 2.24) is 9.80 Å². The summed E-state index contributed by atoms with van der Waals surface area (Å²) in [6, 6.07) is 12.4. The monoisotopic (exact) mass is 490 g/mol. The number of rotatable bonds is 4. The van der Waals surface area contributed by atoms with Crippen molar-refractivity contribution in [2.45, 2.75) is 44.6 Å². The van der Waals surface area contributed by atoms with Crippen molar-refractivity contribution in [1.29, 1.82) is 0 Å². The van der Waals surface area contributed by atoms with Crippen LogP contribution < -0.4 is 0 Å². The van der Waals surface area contributed by atoms with E-state index in [1.165, 1.54) is 11.6 Å². The van der Waals surface area contributed by atoms with Crippen LogP contribution in [0, 0.1) is 17.6 Å². The lowest BCUT2D eigenvalue weighted by Gasteiger charge is -2.50. The second-order valence-corrected chi connectivity index (χ2v) is 9.92. The molecule has 6 heteroatoms. The third kappa shape index (κ3) is 4.85. The van der Waals surface area contributed by atoms with Crippen LogP contribution in [0.3, 0.4) is 0 Å². The molecule has 0 bridgehead atoms. The van der Waals surface area contributed by atoms with E-state index in [9.17, 15) is 9.18 Å². The topological polar surface area (TPSA) is 23.6 Å². The Morgan fingerprint density at radius 3 is 2.45 bits per heavy atom. The molecule has 0 aliphatic carbocycles. The van der Waals surface area contributed by atoms with Gasteiger partial charge in [0.1, 0.15) is 11.6 Å². The Bertz CT molecular complexity index is 928. The number of hydrogen-bond acceptors (Lipinski definition) is 2. The minimum absolute atomic E-state index is 0.0271. The minimum atomic E-state index is -0.556. The van der Waals surface area contributed by atoms with Crippen LogP contribution in [0.4, 0.5) is 8.78 Å². The number of benzene rings is 2. The molecule has 0 spiro atoms. The summed E-state index contributed by atoms with van der Waals surface area (Å²) >= 11 is 3.48.